The first-order valence-electron chi connectivity index (χ1n) is 13.1. The van der Waals surface area contributed by atoms with Gasteiger partial charge in [0.15, 0.2) is 6.10 Å². The smallest absolute Gasteiger partial charge is 0.262 e. The summed E-state index contributed by atoms with van der Waals surface area (Å²) in [6.45, 7) is 0.717. The van der Waals surface area contributed by atoms with E-state index >= 15 is 0 Å². The lowest BCUT2D eigenvalue weighted by Crippen LogP contribution is -2.54. The van der Waals surface area contributed by atoms with Crippen molar-refractivity contribution in [1.82, 2.24) is 9.62 Å². The number of carbonyl (C=O) groups excluding carboxylic acids is 2. The Labute approximate surface area is 243 Å². The minimum absolute atomic E-state index is 0.00251. The predicted octanol–water partition coefficient (Wildman–Crippen LogP) is 4.55. The Morgan fingerprint density at radius 1 is 0.975 bits per heavy atom. The van der Waals surface area contributed by atoms with Crippen LogP contribution in [-0.4, -0.2) is 56.8 Å². The highest BCUT2D eigenvalue weighted by Crippen LogP contribution is 2.36. The number of sulfonamides is 1. The summed E-state index contributed by atoms with van der Waals surface area (Å²) in [7, 11) is -3.97. The van der Waals surface area contributed by atoms with Gasteiger partial charge in [-0.3, -0.25) is 9.59 Å². The zero-order valence-electron chi connectivity index (χ0n) is 21.6. The molecule has 0 radical (unpaired) electrons. The van der Waals surface area contributed by atoms with Crippen molar-refractivity contribution in [2.24, 2.45) is 5.92 Å². The number of fused-ring (bicyclic) bond motifs is 1. The number of nitrogens with zero attached hydrogens (tertiary/aromatic N) is 2. The molecule has 0 aromatic heterocycles. The van der Waals surface area contributed by atoms with Gasteiger partial charge in [0.1, 0.15) is 10.6 Å². The van der Waals surface area contributed by atoms with Gasteiger partial charge in [-0.25, -0.2) is 8.42 Å². The third-order valence-electron chi connectivity index (χ3n) is 7.13. The molecule has 11 heteroatoms. The first kappa shape index (κ1) is 28.4. The fraction of sp³-hybridized carbons (Fsp3) is 0.310. The van der Waals surface area contributed by atoms with Gasteiger partial charge >= 0.3 is 0 Å². The molecule has 40 heavy (non-hydrogen) atoms. The molecule has 3 aromatic carbocycles. The van der Waals surface area contributed by atoms with Crippen molar-refractivity contribution in [3.63, 3.8) is 0 Å². The summed E-state index contributed by atoms with van der Waals surface area (Å²) < 4.78 is 34.1. The molecule has 0 aliphatic carbocycles. The minimum atomic E-state index is -3.97. The van der Waals surface area contributed by atoms with Gasteiger partial charge in [-0.05, 0) is 55.2 Å². The molecule has 2 atom stereocenters. The molecule has 3 aromatic rings. The Hall–Kier alpha value is -3.11. The van der Waals surface area contributed by atoms with Crippen LogP contribution in [0, 0.1) is 5.92 Å². The van der Waals surface area contributed by atoms with Crippen LogP contribution < -0.4 is 15.0 Å². The number of carbonyl (C=O) groups is 2. The zero-order chi connectivity index (χ0) is 28.3. The largest absolute Gasteiger partial charge is 0.477 e. The molecule has 0 unspecified atom stereocenters. The molecule has 0 saturated carbocycles. The van der Waals surface area contributed by atoms with Crippen molar-refractivity contribution in [2.45, 2.75) is 30.3 Å². The third-order valence-corrected chi connectivity index (χ3v) is 9.71. The monoisotopic (exact) mass is 601 g/mol. The van der Waals surface area contributed by atoms with E-state index in [0.29, 0.717) is 37.2 Å². The molecular weight excluding hydrogens is 573 g/mol. The number of halogens is 2. The van der Waals surface area contributed by atoms with Gasteiger partial charge in [-0.15, -0.1) is 0 Å². The van der Waals surface area contributed by atoms with Crippen molar-refractivity contribution in [2.75, 3.05) is 31.1 Å². The standard InChI is InChI=1S/C29H29Cl2N3O5S/c30-22-12-13-23(31)27(17-22)40(37,38)33-16-6-9-21(18-33)29(36)34-19-26(39-25-11-5-4-10-24(25)34)28(35)32-15-14-20-7-2-1-3-8-20/h1-5,7-8,10-13,17,21,26H,6,9,14-16,18-19H2,(H,32,35)/t21-,26+/m0/s1. The quantitative estimate of drug-likeness (QED) is 0.429. The molecule has 2 heterocycles. The van der Waals surface area contributed by atoms with E-state index in [-0.39, 0.29) is 46.4 Å². The maximum Gasteiger partial charge on any atom is 0.262 e. The van der Waals surface area contributed by atoms with Crippen LogP contribution in [-0.2, 0) is 26.0 Å². The number of hydrogen-bond acceptors (Lipinski definition) is 5. The van der Waals surface area contributed by atoms with Crippen molar-refractivity contribution >= 4 is 50.7 Å². The maximum atomic E-state index is 13.9. The number of anilines is 1. The van der Waals surface area contributed by atoms with Crippen LogP contribution in [0.4, 0.5) is 5.69 Å². The molecule has 2 amide bonds. The highest BCUT2D eigenvalue weighted by molar-refractivity contribution is 7.89. The Kier molecular flexibility index (Phi) is 8.65. The summed E-state index contributed by atoms with van der Waals surface area (Å²) in [5.41, 5.74) is 1.66. The molecular formula is C29H29Cl2N3O5S. The summed E-state index contributed by atoms with van der Waals surface area (Å²) in [4.78, 5) is 28.4. The fourth-order valence-electron chi connectivity index (χ4n) is 5.06. The Bertz CT molecular complexity index is 1500. The lowest BCUT2D eigenvalue weighted by Gasteiger charge is -2.38. The Morgan fingerprint density at radius 3 is 2.52 bits per heavy atom. The number of piperidine rings is 1. The van der Waals surface area contributed by atoms with Crippen LogP contribution in [0.3, 0.4) is 0 Å². The second-order valence-corrected chi connectivity index (χ2v) is 12.6. The van der Waals surface area contributed by atoms with Gasteiger partial charge in [0.2, 0.25) is 15.9 Å². The lowest BCUT2D eigenvalue weighted by atomic mass is 9.97. The van der Waals surface area contributed by atoms with Crippen molar-refractivity contribution < 1.29 is 22.7 Å². The lowest BCUT2D eigenvalue weighted by molar-refractivity contribution is -0.129. The summed E-state index contributed by atoms with van der Waals surface area (Å²) in [5, 5.41) is 3.24. The summed E-state index contributed by atoms with van der Waals surface area (Å²) >= 11 is 12.2. The number of hydrogen-bond donors (Lipinski definition) is 1. The average molecular weight is 603 g/mol. The van der Waals surface area contributed by atoms with Gasteiger partial charge < -0.3 is 15.0 Å². The molecule has 0 bridgehead atoms. The molecule has 0 spiro atoms. The van der Waals surface area contributed by atoms with E-state index < -0.39 is 22.0 Å². The molecule has 1 N–H and O–H groups in total. The highest BCUT2D eigenvalue weighted by Gasteiger charge is 2.40. The molecule has 2 aliphatic rings. The second-order valence-electron chi connectivity index (χ2n) is 9.83. The van der Waals surface area contributed by atoms with Crippen LogP contribution in [0.5, 0.6) is 5.75 Å². The minimum Gasteiger partial charge on any atom is -0.477 e. The van der Waals surface area contributed by atoms with Crippen LogP contribution in [0.1, 0.15) is 18.4 Å². The van der Waals surface area contributed by atoms with Gasteiger partial charge in [-0.2, -0.15) is 4.31 Å². The number of benzene rings is 3. The fourth-order valence-corrected chi connectivity index (χ4v) is 7.33. The summed E-state index contributed by atoms with van der Waals surface area (Å²) in [6.07, 6.45) is 0.787. The van der Waals surface area contributed by atoms with Crippen LogP contribution in [0.15, 0.2) is 77.7 Å². The highest BCUT2D eigenvalue weighted by atomic mass is 35.5. The first-order valence-corrected chi connectivity index (χ1v) is 15.3. The van der Waals surface area contributed by atoms with Crippen LogP contribution in [0.25, 0.3) is 0 Å². The maximum absolute atomic E-state index is 13.9. The molecule has 5 rings (SSSR count). The number of ether oxygens (including phenoxy) is 1. The zero-order valence-corrected chi connectivity index (χ0v) is 24.0. The predicted molar refractivity (Wildman–Crippen MR) is 154 cm³/mol. The Morgan fingerprint density at radius 2 is 1.73 bits per heavy atom. The number of amides is 2. The summed E-state index contributed by atoms with van der Waals surface area (Å²) in [6, 6.07) is 21.2. The molecule has 1 fully saturated rings. The van der Waals surface area contributed by atoms with E-state index in [1.54, 1.807) is 29.2 Å². The first-order chi connectivity index (χ1) is 19.2. The van der Waals surface area contributed by atoms with Crippen LogP contribution in [0.2, 0.25) is 10.0 Å². The second kappa shape index (κ2) is 12.2. The number of para-hydroxylation sites is 2. The van der Waals surface area contributed by atoms with E-state index in [2.05, 4.69) is 5.32 Å². The van der Waals surface area contributed by atoms with Crippen molar-refractivity contribution in [3.8, 4) is 5.75 Å². The normalized spacial score (nSPS) is 19.4. The van der Waals surface area contributed by atoms with Crippen LogP contribution >= 0.6 is 23.2 Å². The molecule has 1 saturated heterocycles. The number of rotatable bonds is 7. The van der Waals surface area contributed by atoms with Gasteiger partial charge in [0, 0.05) is 24.7 Å². The van der Waals surface area contributed by atoms with Crippen molar-refractivity contribution in [3.05, 3.63) is 88.4 Å². The topological polar surface area (TPSA) is 96.0 Å². The van der Waals surface area contributed by atoms with E-state index in [4.69, 9.17) is 27.9 Å². The molecule has 210 valence electrons. The summed E-state index contributed by atoms with van der Waals surface area (Å²) in [5.74, 6) is -0.743. The SMILES string of the molecule is O=C(NCCc1ccccc1)[C@H]1CN(C(=O)[C@H]2CCCN(S(=O)(=O)c3cc(Cl)ccc3Cl)C2)c2ccccc2O1. The van der Waals surface area contributed by atoms with Crippen molar-refractivity contribution in [1.29, 1.82) is 0 Å². The molecule has 8 nitrogen and oxygen atoms in total. The number of nitrogens with one attached hydrogen (secondary N) is 1. The van der Waals surface area contributed by atoms with E-state index in [9.17, 15) is 18.0 Å². The third kappa shape index (κ3) is 6.12. The van der Waals surface area contributed by atoms with Gasteiger partial charge in [-0.1, -0.05) is 65.7 Å². The van der Waals surface area contributed by atoms with E-state index in [1.165, 1.54) is 22.5 Å². The van der Waals surface area contributed by atoms with E-state index in [1.807, 2.05) is 30.3 Å². The van der Waals surface area contributed by atoms with E-state index in [0.717, 1.165) is 5.56 Å². The van der Waals surface area contributed by atoms with Gasteiger partial charge in [0.05, 0.1) is 23.2 Å². The Balaban J connectivity index is 1.31. The molecule has 2 aliphatic heterocycles. The average Bonchev–Trinajstić information content (AvgIpc) is 2.98. The van der Waals surface area contributed by atoms with Gasteiger partial charge in [0.25, 0.3) is 5.91 Å².